The number of quaternary nitrogens is 1. The minimum absolute atomic E-state index is 0. The van der Waals surface area contributed by atoms with Crippen LogP contribution in [0.2, 0.25) is 0 Å². The number of phenolic OH excluding ortho intramolecular Hbond substituents is 1. The zero-order valence-corrected chi connectivity index (χ0v) is 14.0. The van der Waals surface area contributed by atoms with Gasteiger partial charge in [-0.3, -0.25) is 0 Å². The van der Waals surface area contributed by atoms with Gasteiger partial charge < -0.3 is 22.4 Å². The molecule has 1 aromatic rings. The van der Waals surface area contributed by atoms with Crippen LogP contribution in [-0.4, -0.2) is 18.2 Å². The summed E-state index contributed by atoms with van der Waals surface area (Å²) >= 11 is 0. The first-order chi connectivity index (χ1) is 8.88. The molecule has 0 amide bonds. The number of aryl methyl sites for hydroxylation is 1. The molecule has 0 spiro atoms. The Labute approximate surface area is 129 Å². The molecule has 0 aliphatic carbocycles. The number of phenols is 1. The van der Waals surface area contributed by atoms with Crippen molar-refractivity contribution in [2.75, 3.05) is 13.1 Å². The molecule has 1 heterocycles. The lowest BCUT2D eigenvalue weighted by atomic mass is 9.84. The van der Waals surface area contributed by atoms with Gasteiger partial charge >= 0.3 is 0 Å². The number of hydrogen-bond acceptors (Lipinski definition) is 1. The van der Waals surface area contributed by atoms with E-state index in [0.717, 1.165) is 17.7 Å². The minimum Gasteiger partial charge on any atom is -1.00 e. The molecule has 0 unspecified atom stereocenters. The Balaban J connectivity index is 0.00000200. The third-order valence-corrected chi connectivity index (χ3v) is 4.14. The highest BCUT2D eigenvalue weighted by atomic mass is 35.5. The van der Waals surface area contributed by atoms with E-state index in [0.29, 0.717) is 5.75 Å². The van der Waals surface area contributed by atoms with E-state index in [9.17, 15) is 5.11 Å². The van der Waals surface area contributed by atoms with Gasteiger partial charge in [-0.2, -0.15) is 0 Å². The highest BCUT2D eigenvalue weighted by molar-refractivity contribution is 5.46. The van der Waals surface area contributed by atoms with Gasteiger partial charge in [-0.1, -0.05) is 32.4 Å². The predicted molar refractivity (Wildman–Crippen MR) is 79.8 cm³/mol. The van der Waals surface area contributed by atoms with Crippen LogP contribution in [0.4, 0.5) is 0 Å². The Hall–Kier alpha value is -0.730. The van der Waals surface area contributed by atoms with Crippen LogP contribution in [-0.2, 0) is 12.0 Å². The maximum atomic E-state index is 10.6. The first-order valence-electron chi connectivity index (χ1n) is 7.54. The largest absolute Gasteiger partial charge is 1.00 e. The second-order valence-corrected chi connectivity index (χ2v) is 7.06. The van der Waals surface area contributed by atoms with Crippen molar-refractivity contribution in [3.05, 3.63) is 28.8 Å². The predicted octanol–water partition coefficient (Wildman–Crippen LogP) is -0.429. The van der Waals surface area contributed by atoms with Crippen LogP contribution in [0.25, 0.3) is 0 Å². The fraction of sp³-hybridized carbons (Fsp3) is 0.647. The number of aromatic hydroxyl groups is 1. The van der Waals surface area contributed by atoms with Crippen LogP contribution >= 0.6 is 0 Å². The van der Waals surface area contributed by atoms with Crippen molar-refractivity contribution >= 4 is 0 Å². The van der Waals surface area contributed by atoms with Crippen LogP contribution < -0.4 is 17.3 Å². The molecule has 20 heavy (non-hydrogen) atoms. The maximum Gasteiger partial charge on any atom is 0.128 e. The summed E-state index contributed by atoms with van der Waals surface area (Å²) in [7, 11) is 0. The second kappa shape index (κ2) is 6.82. The van der Waals surface area contributed by atoms with Crippen LogP contribution in [0.5, 0.6) is 5.75 Å². The summed E-state index contributed by atoms with van der Waals surface area (Å²) in [5.41, 5.74) is 3.47. The molecule has 0 radical (unpaired) electrons. The molecule has 0 aromatic heterocycles. The van der Waals surface area contributed by atoms with Gasteiger partial charge in [-0.05, 0) is 43.2 Å². The summed E-state index contributed by atoms with van der Waals surface area (Å²) < 4.78 is 0. The van der Waals surface area contributed by atoms with E-state index in [1.807, 2.05) is 0 Å². The Morgan fingerprint density at radius 2 is 1.70 bits per heavy atom. The average molecular weight is 298 g/mol. The zero-order valence-electron chi connectivity index (χ0n) is 13.2. The standard InChI is InChI=1S/C17H27NO.ClH/c1-13-10-14(12-18-8-6-5-7-9-18)16(19)15(11-13)17(2,3)4;/h10-11,19H,5-9,12H2,1-4H3;1H. The van der Waals surface area contributed by atoms with E-state index in [-0.39, 0.29) is 17.8 Å². The van der Waals surface area contributed by atoms with Crippen molar-refractivity contribution in [1.82, 2.24) is 0 Å². The number of nitrogens with one attached hydrogen (secondary N) is 1. The Morgan fingerprint density at radius 3 is 2.25 bits per heavy atom. The molecule has 2 nitrogen and oxygen atoms in total. The molecule has 0 saturated carbocycles. The minimum atomic E-state index is 0. The van der Waals surface area contributed by atoms with Crippen molar-refractivity contribution in [3.8, 4) is 5.75 Å². The van der Waals surface area contributed by atoms with Crippen LogP contribution in [0.1, 0.15) is 56.7 Å². The van der Waals surface area contributed by atoms with E-state index in [1.165, 1.54) is 37.9 Å². The first kappa shape index (κ1) is 17.3. The zero-order chi connectivity index (χ0) is 14.0. The number of likely N-dealkylation sites (tertiary alicyclic amines) is 1. The normalized spacial score (nSPS) is 16.8. The molecule has 1 aliphatic heterocycles. The molecule has 1 fully saturated rings. The summed E-state index contributed by atoms with van der Waals surface area (Å²) in [5.74, 6) is 0.524. The lowest BCUT2D eigenvalue weighted by molar-refractivity contribution is -0.918. The number of halogens is 1. The van der Waals surface area contributed by atoms with Gasteiger partial charge in [0.05, 0.1) is 13.1 Å². The topological polar surface area (TPSA) is 24.7 Å². The lowest BCUT2D eigenvalue weighted by Gasteiger charge is -2.26. The van der Waals surface area contributed by atoms with E-state index in [4.69, 9.17) is 0 Å². The summed E-state index contributed by atoms with van der Waals surface area (Å²) in [4.78, 5) is 1.62. The fourth-order valence-electron chi connectivity index (χ4n) is 3.06. The first-order valence-corrected chi connectivity index (χ1v) is 7.54. The monoisotopic (exact) mass is 297 g/mol. The van der Waals surface area contributed by atoms with Gasteiger partial charge in [-0.15, -0.1) is 0 Å². The molecule has 2 N–H and O–H groups in total. The lowest BCUT2D eigenvalue weighted by Crippen LogP contribution is -3.11. The summed E-state index contributed by atoms with van der Waals surface area (Å²) in [5, 5.41) is 10.6. The molecule has 0 bridgehead atoms. The van der Waals surface area contributed by atoms with Crippen LogP contribution in [0.15, 0.2) is 12.1 Å². The third kappa shape index (κ3) is 4.13. The van der Waals surface area contributed by atoms with E-state index in [2.05, 4.69) is 39.8 Å². The smallest absolute Gasteiger partial charge is 0.128 e. The highest BCUT2D eigenvalue weighted by Gasteiger charge is 2.23. The van der Waals surface area contributed by atoms with Gasteiger partial charge in [-0.25, -0.2) is 0 Å². The molecule has 3 heteroatoms. The van der Waals surface area contributed by atoms with Crippen molar-refractivity contribution in [2.45, 2.75) is 58.9 Å². The van der Waals surface area contributed by atoms with Gasteiger partial charge in [0.25, 0.3) is 0 Å². The molecule has 1 aromatic carbocycles. The van der Waals surface area contributed by atoms with Gasteiger partial charge in [0.15, 0.2) is 0 Å². The Morgan fingerprint density at radius 1 is 1.10 bits per heavy atom. The number of hydrogen-bond donors (Lipinski definition) is 2. The van der Waals surface area contributed by atoms with Gasteiger partial charge in [0, 0.05) is 5.56 Å². The van der Waals surface area contributed by atoms with Crippen LogP contribution in [0, 0.1) is 6.92 Å². The van der Waals surface area contributed by atoms with Gasteiger partial charge in [0.2, 0.25) is 0 Å². The number of piperidine rings is 1. The van der Waals surface area contributed by atoms with E-state index < -0.39 is 0 Å². The quantitative estimate of drug-likeness (QED) is 0.761. The second-order valence-electron chi connectivity index (χ2n) is 7.06. The number of rotatable bonds is 2. The summed E-state index contributed by atoms with van der Waals surface area (Å²) in [6.07, 6.45) is 4.03. The van der Waals surface area contributed by atoms with Crippen molar-refractivity contribution in [1.29, 1.82) is 0 Å². The van der Waals surface area contributed by atoms with Gasteiger partial charge in [0.1, 0.15) is 12.3 Å². The Bertz CT molecular complexity index is 445. The molecule has 1 aliphatic rings. The molecular formula is C17H28ClNO. The van der Waals surface area contributed by atoms with Crippen molar-refractivity contribution < 1.29 is 22.4 Å². The highest BCUT2D eigenvalue weighted by Crippen LogP contribution is 2.34. The maximum absolute atomic E-state index is 10.6. The summed E-state index contributed by atoms with van der Waals surface area (Å²) in [6, 6.07) is 4.29. The summed E-state index contributed by atoms with van der Waals surface area (Å²) in [6.45, 7) is 12.1. The molecule has 114 valence electrons. The van der Waals surface area contributed by atoms with Crippen LogP contribution in [0.3, 0.4) is 0 Å². The van der Waals surface area contributed by atoms with E-state index >= 15 is 0 Å². The Kier molecular flexibility index (Phi) is 5.91. The molecule has 2 rings (SSSR count). The molecule has 0 atom stereocenters. The molecule has 1 saturated heterocycles. The average Bonchev–Trinajstić information content (AvgIpc) is 2.33. The third-order valence-electron chi connectivity index (χ3n) is 4.14. The number of benzene rings is 1. The van der Waals surface area contributed by atoms with Crippen molar-refractivity contribution in [2.24, 2.45) is 0 Å². The SMILES string of the molecule is Cc1cc(C[NH+]2CCCCC2)c(O)c(C(C)(C)C)c1.[Cl-]. The fourth-order valence-corrected chi connectivity index (χ4v) is 3.06. The van der Waals surface area contributed by atoms with E-state index in [1.54, 1.807) is 4.90 Å². The molecular weight excluding hydrogens is 270 g/mol. The van der Waals surface area contributed by atoms with Crippen molar-refractivity contribution in [3.63, 3.8) is 0 Å².